The average molecular weight is 345 g/mol. The molecule has 0 heterocycles. The molecule has 1 aliphatic carbocycles. The number of rotatable bonds is 6. The van der Waals surface area contributed by atoms with Crippen LogP contribution in [0.2, 0.25) is 0 Å². The molecule has 23 heavy (non-hydrogen) atoms. The van der Waals surface area contributed by atoms with Gasteiger partial charge in [0, 0.05) is 23.7 Å². The fraction of sp³-hybridized carbons (Fsp3) is 0.562. The Bertz CT molecular complexity index is 514. The first-order valence-corrected chi connectivity index (χ1v) is 7.45. The lowest BCUT2D eigenvalue weighted by Crippen LogP contribution is -2.29. The van der Waals surface area contributed by atoms with Crippen molar-refractivity contribution in [3.05, 3.63) is 12.1 Å². The summed E-state index contributed by atoms with van der Waals surface area (Å²) in [7, 11) is 4.64. The molecule has 1 aliphatic rings. The number of nitrogens with two attached hydrogens (primary N) is 1. The zero-order valence-electron chi connectivity index (χ0n) is 13.8. The van der Waals surface area contributed by atoms with Crippen LogP contribution >= 0.6 is 12.4 Å². The smallest absolute Gasteiger partial charge is 0.227 e. The van der Waals surface area contributed by atoms with Gasteiger partial charge in [0.1, 0.15) is 0 Å². The molecule has 0 aliphatic heterocycles. The standard InChI is InChI=1S/C16H24N2O4.ClH/c1-20-13-7-11(8-14(21-2)15(13)22-3)18-16(19)12-6-4-5-10(12)9-17;/h7-8,10,12H,4-6,9,17H2,1-3H3,(H,18,19);1H/t10-,12-;/m1./s1. The Labute approximate surface area is 143 Å². The molecular formula is C16H25ClN2O4. The Hall–Kier alpha value is -1.66. The van der Waals surface area contributed by atoms with E-state index in [-0.39, 0.29) is 30.2 Å². The van der Waals surface area contributed by atoms with Gasteiger partial charge in [-0.15, -0.1) is 12.4 Å². The van der Waals surface area contributed by atoms with E-state index >= 15 is 0 Å². The van der Waals surface area contributed by atoms with Crippen molar-refractivity contribution in [1.82, 2.24) is 0 Å². The van der Waals surface area contributed by atoms with Gasteiger partial charge in [0.05, 0.1) is 21.3 Å². The monoisotopic (exact) mass is 344 g/mol. The van der Waals surface area contributed by atoms with Crippen molar-refractivity contribution in [2.45, 2.75) is 19.3 Å². The lowest BCUT2D eigenvalue weighted by molar-refractivity contribution is -0.120. The van der Waals surface area contributed by atoms with E-state index in [4.69, 9.17) is 19.9 Å². The summed E-state index contributed by atoms with van der Waals surface area (Å²) < 4.78 is 15.9. The molecule has 2 rings (SSSR count). The fourth-order valence-electron chi connectivity index (χ4n) is 3.05. The van der Waals surface area contributed by atoms with Gasteiger partial charge in [-0.2, -0.15) is 0 Å². The molecule has 0 saturated heterocycles. The molecule has 6 nitrogen and oxygen atoms in total. The number of hydrogen-bond acceptors (Lipinski definition) is 5. The van der Waals surface area contributed by atoms with Crippen LogP contribution in [0.1, 0.15) is 19.3 Å². The van der Waals surface area contributed by atoms with E-state index in [1.54, 1.807) is 33.5 Å². The van der Waals surface area contributed by atoms with Crippen LogP contribution in [-0.4, -0.2) is 33.8 Å². The number of halogens is 1. The molecule has 0 spiro atoms. The molecule has 130 valence electrons. The lowest BCUT2D eigenvalue weighted by Gasteiger charge is -2.19. The van der Waals surface area contributed by atoms with Gasteiger partial charge < -0.3 is 25.3 Å². The molecular weight excluding hydrogens is 320 g/mol. The summed E-state index contributed by atoms with van der Waals surface area (Å²) in [5.41, 5.74) is 6.38. The Balaban J connectivity index is 0.00000264. The van der Waals surface area contributed by atoms with Gasteiger partial charge >= 0.3 is 0 Å². The Morgan fingerprint density at radius 1 is 1.17 bits per heavy atom. The molecule has 1 amide bonds. The fourth-order valence-corrected chi connectivity index (χ4v) is 3.05. The summed E-state index contributed by atoms with van der Waals surface area (Å²) >= 11 is 0. The minimum atomic E-state index is -0.0240. The second-order valence-corrected chi connectivity index (χ2v) is 5.44. The van der Waals surface area contributed by atoms with Crippen molar-refractivity contribution in [1.29, 1.82) is 0 Å². The predicted octanol–water partition coefficient (Wildman–Crippen LogP) is 2.45. The zero-order valence-corrected chi connectivity index (χ0v) is 14.6. The third-order valence-electron chi connectivity index (χ3n) is 4.23. The number of benzene rings is 1. The highest BCUT2D eigenvalue weighted by atomic mass is 35.5. The number of anilines is 1. The predicted molar refractivity (Wildman–Crippen MR) is 91.9 cm³/mol. The highest BCUT2D eigenvalue weighted by Crippen LogP contribution is 2.40. The van der Waals surface area contributed by atoms with Crippen LogP contribution in [0.4, 0.5) is 5.69 Å². The minimum Gasteiger partial charge on any atom is -0.493 e. The summed E-state index contributed by atoms with van der Waals surface area (Å²) in [4.78, 5) is 12.5. The second-order valence-electron chi connectivity index (χ2n) is 5.44. The lowest BCUT2D eigenvalue weighted by atomic mass is 9.95. The normalized spacial score (nSPS) is 19.7. The minimum absolute atomic E-state index is 0. The maximum Gasteiger partial charge on any atom is 0.227 e. The van der Waals surface area contributed by atoms with Crippen LogP contribution < -0.4 is 25.3 Å². The third-order valence-corrected chi connectivity index (χ3v) is 4.23. The first kappa shape index (κ1) is 19.4. The number of amides is 1. The molecule has 3 N–H and O–H groups in total. The third kappa shape index (κ3) is 4.20. The summed E-state index contributed by atoms with van der Waals surface area (Å²) in [6.45, 7) is 0.549. The number of carbonyl (C=O) groups is 1. The van der Waals surface area contributed by atoms with E-state index in [0.717, 1.165) is 19.3 Å². The van der Waals surface area contributed by atoms with Gasteiger partial charge in [-0.05, 0) is 25.3 Å². The SMILES string of the molecule is COc1cc(NC(=O)[C@@H]2CCC[C@@H]2CN)cc(OC)c1OC.Cl. The molecule has 0 unspecified atom stereocenters. The van der Waals surface area contributed by atoms with Crippen LogP contribution in [0.5, 0.6) is 17.2 Å². The van der Waals surface area contributed by atoms with Crippen LogP contribution in [0.15, 0.2) is 12.1 Å². The summed E-state index contributed by atoms with van der Waals surface area (Å²) in [5.74, 6) is 1.77. The van der Waals surface area contributed by atoms with Gasteiger partial charge in [0.2, 0.25) is 11.7 Å². The molecule has 1 fully saturated rings. The summed E-state index contributed by atoms with van der Waals surface area (Å²) in [6, 6.07) is 3.46. The number of methoxy groups -OCH3 is 3. The molecule has 0 aromatic heterocycles. The first-order chi connectivity index (χ1) is 10.6. The van der Waals surface area contributed by atoms with Crippen molar-refractivity contribution < 1.29 is 19.0 Å². The molecule has 1 saturated carbocycles. The van der Waals surface area contributed by atoms with Gasteiger partial charge in [-0.25, -0.2) is 0 Å². The average Bonchev–Trinajstić information content (AvgIpc) is 3.02. The van der Waals surface area contributed by atoms with E-state index in [1.165, 1.54) is 0 Å². The molecule has 2 atom stereocenters. The number of nitrogens with one attached hydrogen (secondary N) is 1. The van der Waals surface area contributed by atoms with E-state index in [9.17, 15) is 4.79 Å². The summed E-state index contributed by atoms with van der Waals surface area (Å²) in [6.07, 6.45) is 2.96. The van der Waals surface area contributed by atoms with E-state index in [1.807, 2.05) is 0 Å². The van der Waals surface area contributed by atoms with Crippen molar-refractivity contribution in [3.63, 3.8) is 0 Å². The Kier molecular flexibility index (Phi) is 7.45. The van der Waals surface area contributed by atoms with E-state index in [0.29, 0.717) is 29.5 Å². The molecule has 0 radical (unpaired) electrons. The van der Waals surface area contributed by atoms with Gasteiger partial charge in [-0.1, -0.05) is 6.42 Å². The van der Waals surface area contributed by atoms with Crippen molar-refractivity contribution in [2.75, 3.05) is 33.2 Å². The number of hydrogen-bond donors (Lipinski definition) is 2. The Morgan fingerprint density at radius 3 is 2.26 bits per heavy atom. The molecule has 1 aromatic rings. The Morgan fingerprint density at radius 2 is 1.78 bits per heavy atom. The van der Waals surface area contributed by atoms with E-state index < -0.39 is 0 Å². The van der Waals surface area contributed by atoms with Crippen LogP contribution in [0.25, 0.3) is 0 Å². The largest absolute Gasteiger partial charge is 0.493 e. The quantitative estimate of drug-likeness (QED) is 0.828. The van der Waals surface area contributed by atoms with Gasteiger partial charge in [-0.3, -0.25) is 4.79 Å². The van der Waals surface area contributed by atoms with Gasteiger partial charge in [0.25, 0.3) is 0 Å². The summed E-state index contributed by atoms with van der Waals surface area (Å²) in [5, 5.41) is 2.94. The highest BCUT2D eigenvalue weighted by Gasteiger charge is 2.32. The maximum absolute atomic E-state index is 12.5. The van der Waals surface area contributed by atoms with Crippen LogP contribution in [0.3, 0.4) is 0 Å². The maximum atomic E-state index is 12.5. The van der Waals surface area contributed by atoms with Crippen LogP contribution in [-0.2, 0) is 4.79 Å². The highest BCUT2D eigenvalue weighted by molar-refractivity contribution is 5.93. The van der Waals surface area contributed by atoms with Crippen molar-refractivity contribution >= 4 is 24.0 Å². The van der Waals surface area contributed by atoms with Crippen molar-refractivity contribution in [3.8, 4) is 17.2 Å². The van der Waals surface area contributed by atoms with E-state index in [2.05, 4.69) is 5.32 Å². The first-order valence-electron chi connectivity index (χ1n) is 7.45. The molecule has 0 bridgehead atoms. The number of ether oxygens (including phenoxy) is 3. The molecule has 7 heteroatoms. The molecule has 1 aromatic carbocycles. The zero-order chi connectivity index (χ0) is 16.1. The van der Waals surface area contributed by atoms with Crippen molar-refractivity contribution in [2.24, 2.45) is 17.6 Å². The van der Waals surface area contributed by atoms with Gasteiger partial charge in [0.15, 0.2) is 11.5 Å². The van der Waals surface area contributed by atoms with Crippen LogP contribution in [0, 0.1) is 11.8 Å². The second kappa shape index (κ2) is 8.84. The topological polar surface area (TPSA) is 82.8 Å². The number of carbonyl (C=O) groups excluding carboxylic acids is 1.